The molecule has 1 aliphatic rings. The molecule has 3 nitrogen and oxygen atoms in total. The first-order chi connectivity index (χ1) is 9.89. The van der Waals surface area contributed by atoms with Crippen molar-refractivity contribution in [2.45, 2.75) is 29.9 Å². The topological polar surface area (TPSA) is 24.5 Å². The quantitative estimate of drug-likeness (QED) is 0.834. The molecule has 0 aromatic heterocycles. The molecule has 1 aliphatic heterocycles. The van der Waals surface area contributed by atoms with Crippen molar-refractivity contribution in [2.75, 3.05) is 26.7 Å². The molecule has 1 aromatic carbocycles. The fourth-order valence-electron chi connectivity index (χ4n) is 2.38. The average Bonchev–Trinajstić information content (AvgIpc) is 2.40. The van der Waals surface area contributed by atoms with Crippen molar-refractivity contribution in [1.29, 1.82) is 0 Å². The molecule has 0 radical (unpaired) electrons. The summed E-state index contributed by atoms with van der Waals surface area (Å²) in [4.78, 5) is 2.38. The van der Waals surface area contributed by atoms with Crippen LogP contribution in [0.4, 0.5) is 13.2 Å². The van der Waals surface area contributed by atoms with E-state index in [1.165, 1.54) is 7.11 Å². The van der Waals surface area contributed by atoms with Crippen molar-refractivity contribution in [3.63, 3.8) is 0 Å². The minimum absolute atomic E-state index is 0. The van der Waals surface area contributed by atoms with Crippen LogP contribution in [0.2, 0.25) is 0 Å². The van der Waals surface area contributed by atoms with Gasteiger partial charge in [0.1, 0.15) is 5.75 Å². The first kappa shape index (κ1) is 19.4. The number of benzene rings is 1. The first-order valence-electron chi connectivity index (χ1n) is 6.76. The predicted molar refractivity (Wildman–Crippen MR) is 84.9 cm³/mol. The molecule has 22 heavy (non-hydrogen) atoms. The van der Waals surface area contributed by atoms with Gasteiger partial charge in [-0.3, -0.25) is 4.90 Å². The molecule has 0 amide bonds. The van der Waals surface area contributed by atoms with E-state index in [-0.39, 0.29) is 34.8 Å². The van der Waals surface area contributed by atoms with E-state index in [4.69, 9.17) is 4.74 Å². The molecule has 0 unspecified atom stereocenters. The Bertz CT molecular complexity index is 488. The lowest BCUT2D eigenvalue weighted by molar-refractivity contribution is -0.0328. The summed E-state index contributed by atoms with van der Waals surface area (Å²) in [6.45, 7) is 5.47. The molecule has 0 spiro atoms. The highest BCUT2D eigenvalue weighted by atomic mass is 35.5. The van der Waals surface area contributed by atoms with E-state index >= 15 is 0 Å². The summed E-state index contributed by atoms with van der Waals surface area (Å²) in [7, 11) is 1.38. The van der Waals surface area contributed by atoms with Crippen LogP contribution >= 0.6 is 24.2 Å². The van der Waals surface area contributed by atoms with Gasteiger partial charge in [-0.15, -0.1) is 12.4 Å². The second-order valence-corrected chi connectivity index (χ2v) is 6.16. The largest absolute Gasteiger partial charge is 0.496 e. The smallest absolute Gasteiger partial charge is 0.446 e. The number of hydrogen-bond donors (Lipinski definition) is 1. The summed E-state index contributed by atoms with van der Waals surface area (Å²) in [6, 6.07) is 5.38. The normalized spacial score (nSPS) is 19.6. The molecular weight excluding hydrogens is 337 g/mol. The van der Waals surface area contributed by atoms with Gasteiger partial charge < -0.3 is 10.1 Å². The van der Waals surface area contributed by atoms with E-state index in [9.17, 15) is 13.2 Å². The Kier molecular flexibility index (Phi) is 7.31. The summed E-state index contributed by atoms with van der Waals surface area (Å²) >= 11 is -0.127. The van der Waals surface area contributed by atoms with Gasteiger partial charge in [-0.05, 0) is 36.4 Å². The van der Waals surface area contributed by atoms with E-state index in [1.807, 2.05) is 6.07 Å². The third-order valence-electron chi connectivity index (χ3n) is 3.48. The summed E-state index contributed by atoms with van der Waals surface area (Å²) < 4.78 is 42.8. The van der Waals surface area contributed by atoms with Crippen LogP contribution in [0.25, 0.3) is 0 Å². The molecule has 1 atom stereocenters. The Hall–Kier alpha value is -0.630. The Morgan fingerprint density at radius 1 is 1.41 bits per heavy atom. The van der Waals surface area contributed by atoms with Gasteiger partial charge in [0, 0.05) is 32.2 Å². The number of methoxy groups -OCH3 is 1. The average molecular weight is 357 g/mol. The maximum atomic E-state index is 12.6. The molecule has 0 bridgehead atoms. The van der Waals surface area contributed by atoms with Gasteiger partial charge in [0.2, 0.25) is 0 Å². The number of alkyl halides is 3. The van der Waals surface area contributed by atoms with Crippen molar-refractivity contribution < 1.29 is 17.9 Å². The summed E-state index contributed by atoms with van der Waals surface area (Å²) in [5.74, 6) is 0.259. The highest BCUT2D eigenvalue weighted by molar-refractivity contribution is 8.00. The number of thioether (sulfide) groups is 1. The molecule has 1 heterocycles. The van der Waals surface area contributed by atoms with Crippen molar-refractivity contribution in [1.82, 2.24) is 10.2 Å². The SMILES string of the molecule is COc1ccc(CN2CCNC[C@H]2C)cc1SC(F)(F)F.Cl. The van der Waals surface area contributed by atoms with Crippen LogP contribution in [0.1, 0.15) is 12.5 Å². The van der Waals surface area contributed by atoms with Crippen LogP contribution in [0, 0.1) is 0 Å². The van der Waals surface area contributed by atoms with Crippen LogP contribution in [-0.2, 0) is 6.54 Å². The van der Waals surface area contributed by atoms with E-state index in [0.29, 0.717) is 12.6 Å². The summed E-state index contributed by atoms with van der Waals surface area (Å²) in [6.07, 6.45) is 0. The zero-order chi connectivity index (χ0) is 15.5. The Labute approximate surface area is 139 Å². The highest BCUT2D eigenvalue weighted by Gasteiger charge is 2.31. The Balaban J connectivity index is 0.00000242. The van der Waals surface area contributed by atoms with E-state index < -0.39 is 5.51 Å². The number of piperazine rings is 1. The number of rotatable bonds is 4. The number of hydrogen-bond acceptors (Lipinski definition) is 4. The van der Waals surface area contributed by atoms with Crippen molar-refractivity contribution in [2.24, 2.45) is 0 Å². The van der Waals surface area contributed by atoms with Crippen LogP contribution in [-0.4, -0.2) is 43.2 Å². The maximum Gasteiger partial charge on any atom is 0.446 e. The lowest BCUT2D eigenvalue weighted by Crippen LogP contribution is -2.49. The fraction of sp³-hybridized carbons (Fsp3) is 0.571. The monoisotopic (exact) mass is 356 g/mol. The van der Waals surface area contributed by atoms with Gasteiger partial charge >= 0.3 is 5.51 Å². The van der Waals surface area contributed by atoms with Crippen molar-refractivity contribution >= 4 is 24.2 Å². The third kappa shape index (κ3) is 5.53. The molecular formula is C14H20ClF3N2OS. The highest BCUT2D eigenvalue weighted by Crippen LogP contribution is 2.41. The standard InChI is InChI=1S/C14H19F3N2OS.ClH/c1-10-8-18-5-6-19(10)9-11-3-4-12(20-2)13(7-11)21-14(15,16)17;/h3-4,7,10,18H,5-6,8-9H2,1-2H3;1H/t10-;/m1./s1. The zero-order valence-electron chi connectivity index (χ0n) is 12.4. The lowest BCUT2D eigenvalue weighted by Gasteiger charge is -2.34. The molecule has 1 saturated heterocycles. The van der Waals surface area contributed by atoms with Gasteiger partial charge in [0.05, 0.1) is 12.0 Å². The number of ether oxygens (including phenoxy) is 1. The summed E-state index contributed by atoms with van der Waals surface area (Å²) in [5, 5.41) is 3.30. The second kappa shape index (κ2) is 8.29. The molecule has 8 heteroatoms. The molecule has 1 N–H and O–H groups in total. The van der Waals surface area contributed by atoms with E-state index in [0.717, 1.165) is 25.2 Å². The maximum absolute atomic E-state index is 12.6. The van der Waals surface area contributed by atoms with Gasteiger partial charge in [-0.2, -0.15) is 13.2 Å². The van der Waals surface area contributed by atoms with Crippen LogP contribution in [0.15, 0.2) is 23.1 Å². The Morgan fingerprint density at radius 3 is 2.73 bits per heavy atom. The third-order valence-corrected chi connectivity index (χ3v) is 4.25. The van der Waals surface area contributed by atoms with Crippen LogP contribution in [0.5, 0.6) is 5.75 Å². The predicted octanol–water partition coefficient (Wildman–Crippen LogP) is 3.52. The molecule has 126 valence electrons. The van der Waals surface area contributed by atoms with Gasteiger partial charge in [0.15, 0.2) is 0 Å². The molecule has 1 fully saturated rings. The first-order valence-corrected chi connectivity index (χ1v) is 7.58. The van der Waals surface area contributed by atoms with E-state index in [1.54, 1.807) is 12.1 Å². The number of nitrogens with one attached hydrogen (secondary N) is 1. The second-order valence-electron chi connectivity index (χ2n) is 5.06. The molecule has 0 saturated carbocycles. The van der Waals surface area contributed by atoms with Crippen molar-refractivity contribution in [3.8, 4) is 5.75 Å². The molecule has 1 aromatic rings. The van der Waals surface area contributed by atoms with Gasteiger partial charge in [-0.25, -0.2) is 0 Å². The lowest BCUT2D eigenvalue weighted by atomic mass is 10.1. The van der Waals surface area contributed by atoms with E-state index in [2.05, 4.69) is 17.1 Å². The molecule has 0 aliphatic carbocycles. The van der Waals surface area contributed by atoms with Crippen LogP contribution < -0.4 is 10.1 Å². The fourth-order valence-corrected chi connectivity index (χ4v) is 3.09. The van der Waals surface area contributed by atoms with Crippen LogP contribution in [0.3, 0.4) is 0 Å². The van der Waals surface area contributed by atoms with Gasteiger partial charge in [-0.1, -0.05) is 6.07 Å². The van der Waals surface area contributed by atoms with Gasteiger partial charge in [0.25, 0.3) is 0 Å². The number of halogens is 4. The molecule has 2 rings (SSSR count). The minimum Gasteiger partial charge on any atom is -0.496 e. The minimum atomic E-state index is -4.31. The zero-order valence-corrected chi connectivity index (χ0v) is 14.1. The Morgan fingerprint density at radius 2 is 2.14 bits per heavy atom. The van der Waals surface area contributed by atoms with Crippen molar-refractivity contribution in [3.05, 3.63) is 23.8 Å². The summed E-state index contributed by atoms with van der Waals surface area (Å²) in [5.41, 5.74) is -3.44. The number of nitrogens with zero attached hydrogens (tertiary/aromatic N) is 1.